The Balaban J connectivity index is 1.47. The molecule has 4 bridgehead atoms. The fraction of sp³-hybridized carbons (Fsp3) is 0.652. The van der Waals surface area contributed by atoms with Gasteiger partial charge in [-0.25, -0.2) is 8.51 Å². The summed E-state index contributed by atoms with van der Waals surface area (Å²) in [5, 5.41) is 14.9. The summed E-state index contributed by atoms with van der Waals surface area (Å²) >= 11 is -2.65. The van der Waals surface area contributed by atoms with Gasteiger partial charge in [-0.1, -0.05) is 25.0 Å². The van der Waals surface area contributed by atoms with Gasteiger partial charge in [0.25, 0.3) is 17.0 Å². The number of carbonyl (C=O) groups excluding carboxylic acids is 2. The standard InChI is InChI=1S/C23H30N4O6S/c24-20(28)22-11-14-9-15(12-22)19(16(10-14)13-22)25-21(29)23(7-3-4-8-23)26(34(32)33)17-5-1-2-6-18(17)27(30)31/h1-2,5-6,14-16,19H,3-4,7-13H2,(H2,24,28)(H,25,29)(H,32,33). The second kappa shape index (κ2) is 8.30. The monoisotopic (exact) mass is 490 g/mol. The van der Waals surface area contributed by atoms with Crippen LogP contribution >= 0.6 is 0 Å². The van der Waals surface area contributed by atoms with Crippen LogP contribution in [-0.2, 0) is 20.9 Å². The van der Waals surface area contributed by atoms with Crippen molar-refractivity contribution in [3.63, 3.8) is 0 Å². The molecule has 0 heterocycles. The molecular weight excluding hydrogens is 460 g/mol. The van der Waals surface area contributed by atoms with Gasteiger partial charge >= 0.3 is 0 Å². The summed E-state index contributed by atoms with van der Waals surface area (Å²) in [6.07, 6.45) is 6.01. The van der Waals surface area contributed by atoms with Crippen molar-refractivity contribution in [1.29, 1.82) is 0 Å². The zero-order chi connectivity index (χ0) is 24.3. The van der Waals surface area contributed by atoms with Crippen molar-refractivity contribution in [1.82, 2.24) is 5.32 Å². The number of hydrogen-bond acceptors (Lipinski definition) is 5. The maximum absolute atomic E-state index is 13.9. The molecule has 5 aliphatic rings. The van der Waals surface area contributed by atoms with Gasteiger partial charge in [0.2, 0.25) is 11.8 Å². The predicted octanol–water partition coefficient (Wildman–Crippen LogP) is 2.65. The first-order chi connectivity index (χ1) is 16.2. The van der Waals surface area contributed by atoms with E-state index in [0.717, 1.165) is 23.6 Å². The number of benzene rings is 1. The second-order valence-electron chi connectivity index (χ2n) is 10.6. The molecule has 5 fully saturated rings. The number of nitro groups is 1. The normalized spacial score (nSPS) is 33.9. The van der Waals surface area contributed by atoms with Gasteiger partial charge in [0, 0.05) is 17.5 Å². The lowest BCUT2D eigenvalue weighted by atomic mass is 9.47. The summed E-state index contributed by atoms with van der Waals surface area (Å²) in [6.45, 7) is 0. The molecule has 6 rings (SSSR count). The molecule has 0 aromatic heterocycles. The zero-order valence-electron chi connectivity index (χ0n) is 18.9. The van der Waals surface area contributed by atoms with Crippen LogP contribution in [0.5, 0.6) is 0 Å². The Morgan fingerprint density at radius 1 is 1.15 bits per heavy atom. The highest BCUT2D eigenvalue weighted by molar-refractivity contribution is 7.80. The average molecular weight is 491 g/mol. The van der Waals surface area contributed by atoms with Crippen molar-refractivity contribution in [2.75, 3.05) is 4.31 Å². The molecule has 0 spiro atoms. The number of rotatable bonds is 7. The molecule has 1 aromatic carbocycles. The molecular formula is C23H30N4O6S. The predicted molar refractivity (Wildman–Crippen MR) is 125 cm³/mol. The number of nitrogens with zero attached hydrogens (tertiary/aromatic N) is 2. The molecule has 0 saturated heterocycles. The van der Waals surface area contributed by atoms with E-state index in [1.54, 1.807) is 6.07 Å². The smallest absolute Gasteiger partial charge is 0.293 e. The van der Waals surface area contributed by atoms with Gasteiger partial charge in [-0.3, -0.25) is 24.3 Å². The summed E-state index contributed by atoms with van der Waals surface area (Å²) in [7, 11) is 0. The van der Waals surface area contributed by atoms with Crippen molar-refractivity contribution in [2.45, 2.75) is 69.4 Å². The molecule has 34 heavy (non-hydrogen) atoms. The summed E-state index contributed by atoms with van der Waals surface area (Å²) in [4.78, 5) is 37.2. The van der Waals surface area contributed by atoms with E-state index in [0.29, 0.717) is 44.4 Å². The highest BCUT2D eigenvalue weighted by atomic mass is 32.2. The first-order valence-electron chi connectivity index (χ1n) is 11.9. The molecule has 5 aliphatic carbocycles. The van der Waals surface area contributed by atoms with Crippen molar-refractivity contribution < 1.29 is 23.3 Å². The van der Waals surface area contributed by atoms with Crippen molar-refractivity contribution >= 4 is 34.5 Å². The van der Waals surface area contributed by atoms with Gasteiger partial charge < -0.3 is 11.1 Å². The lowest BCUT2D eigenvalue weighted by Crippen LogP contribution is -2.66. The van der Waals surface area contributed by atoms with Gasteiger partial charge in [-0.2, -0.15) is 0 Å². The van der Waals surface area contributed by atoms with Crippen LogP contribution in [0.1, 0.15) is 57.8 Å². The molecule has 3 atom stereocenters. The molecule has 11 heteroatoms. The maximum atomic E-state index is 13.9. The Kier molecular flexibility index (Phi) is 5.67. The Hall–Kier alpha value is -2.53. The highest BCUT2D eigenvalue weighted by Gasteiger charge is 2.59. The van der Waals surface area contributed by atoms with Crippen molar-refractivity contribution in [2.24, 2.45) is 28.9 Å². The SMILES string of the molecule is NC(=O)C12CC3CC(C1)C(NC(=O)C1(N(c4ccccc4[N+](=O)[O-])S(=O)O)CCCC1)C(C3)C2. The number of nitrogens with two attached hydrogens (primary N) is 1. The van der Waals surface area contributed by atoms with Crippen LogP contribution in [0.4, 0.5) is 11.4 Å². The van der Waals surface area contributed by atoms with Crippen LogP contribution in [0.2, 0.25) is 0 Å². The first kappa shape index (κ1) is 23.2. The lowest BCUT2D eigenvalue weighted by Gasteiger charge is -2.59. The molecule has 2 amide bonds. The molecule has 0 aliphatic heterocycles. The van der Waals surface area contributed by atoms with Gasteiger partial charge in [0.05, 0.1) is 4.92 Å². The van der Waals surface area contributed by atoms with Crippen molar-refractivity contribution in [3.05, 3.63) is 34.4 Å². The van der Waals surface area contributed by atoms with Gasteiger partial charge in [-0.05, 0) is 68.8 Å². The van der Waals surface area contributed by atoms with Gasteiger partial charge in [0.15, 0.2) is 0 Å². The third-order valence-corrected chi connectivity index (χ3v) is 9.65. The maximum Gasteiger partial charge on any atom is 0.293 e. The quantitative estimate of drug-likeness (QED) is 0.303. The van der Waals surface area contributed by atoms with Crippen LogP contribution in [0.3, 0.4) is 0 Å². The summed E-state index contributed by atoms with van der Waals surface area (Å²) in [5.41, 5.74) is 3.59. The number of primary amides is 1. The van der Waals surface area contributed by atoms with Gasteiger partial charge in [-0.15, -0.1) is 0 Å². The van der Waals surface area contributed by atoms with Crippen molar-refractivity contribution in [3.8, 4) is 0 Å². The number of hydrogen-bond donors (Lipinski definition) is 3. The third-order valence-electron chi connectivity index (χ3n) is 8.79. The minimum atomic E-state index is -2.65. The molecule has 10 nitrogen and oxygen atoms in total. The van der Waals surface area contributed by atoms with Crippen LogP contribution in [-0.4, -0.2) is 37.1 Å². The van der Waals surface area contributed by atoms with E-state index in [1.165, 1.54) is 18.2 Å². The lowest BCUT2D eigenvalue weighted by molar-refractivity contribution is -0.384. The minimum Gasteiger partial charge on any atom is -0.369 e. The topological polar surface area (TPSA) is 156 Å². The fourth-order valence-corrected chi connectivity index (χ4v) is 8.47. The molecule has 1 aromatic rings. The zero-order valence-corrected chi connectivity index (χ0v) is 19.7. The van der Waals surface area contributed by atoms with E-state index in [9.17, 15) is 28.5 Å². The number of carbonyl (C=O) groups is 2. The molecule has 0 radical (unpaired) electrons. The van der Waals surface area contributed by atoms with Crippen LogP contribution in [0.25, 0.3) is 0 Å². The molecule has 4 N–H and O–H groups in total. The Morgan fingerprint density at radius 3 is 2.32 bits per heavy atom. The summed E-state index contributed by atoms with van der Waals surface area (Å²) in [5.74, 6) is 0.103. The summed E-state index contributed by atoms with van der Waals surface area (Å²) < 4.78 is 23.9. The molecule has 3 unspecified atom stereocenters. The highest BCUT2D eigenvalue weighted by Crippen LogP contribution is 2.60. The summed E-state index contributed by atoms with van der Waals surface area (Å²) in [6, 6.07) is 5.61. The minimum absolute atomic E-state index is 0.0388. The Bertz CT molecular complexity index is 1040. The second-order valence-corrected chi connectivity index (χ2v) is 11.4. The van der Waals surface area contributed by atoms with E-state index >= 15 is 0 Å². The van der Waals surface area contributed by atoms with E-state index in [1.807, 2.05) is 0 Å². The average Bonchev–Trinajstić information content (AvgIpc) is 3.26. The van der Waals surface area contributed by atoms with Crippen LogP contribution in [0, 0.1) is 33.3 Å². The van der Waals surface area contributed by atoms with E-state index < -0.39 is 27.1 Å². The van der Waals surface area contributed by atoms with Gasteiger partial charge in [0.1, 0.15) is 11.2 Å². The Morgan fingerprint density at radius 2 is 1.76 bits per heavy atom. The van der Waals surface area contributed by atoms with Crippen LogP contribution < -0.4 is 15.4 Å². The number of nitro benzene ring substituents is 1. The Labute approximate surface area is 200 Å². The third kappa shape index (κ3) is 3.51. The van der Waals surface area contributed by atoms with Crippen LogP contribution in [0.15, 0.2) is 24.3 Å². The molecule has 5 saturated carbocycles. The van der Waals surface area contributed by atoms with E-state index in [2.05, 4.69) is 5.32 Å². The van der Waals surface area contributed by atoms with E-state index in [-0.39, 0.29) is 41.1 Å². The number of anilines is 1. The largest absolute Gasteiger partial charge is 0.369 e. The number of nitrogens with one attached hydrogen (secondary N) is 1. The number of amides is 2. The molecule has 184 valence electrons. The fourth-order valence-electron chi connectivity index (χ4n) is 7.58. The van der Waals surface area contributed by atoms with E-state index in [4.69, 9.17) is 5.73 Å². The number of para-hydroxylation sites is 2. The first-order valence-corrected chi connectivity index (χ1v) is 13.0.